The summed E-state index contributed by atoms with van der Waals surface area (Å²) < 4.78 is 30.3. The van der Waals surface area contributed by atoms with Crippen molar-refractivity contribution in [3.63, 3.8) is 0 Å². The molecule has 2 aliphatic heterocycles. The van der Waals surface area contributed by atoms with Gasteiger partial charge in [-0.1, -0.05) is 0 Å². The number of nitrogens with two attached hydrogens (primary N) is 7. The molecular formula is C24H52N8O9. The van der Waals surface area contributed by atoms with Crippen molar-refractivity contribution in [2.45, 2.75) is 98.4 Å². The molecule has 242 valence electrons. The predicted molar refractivity (Wildman–Crippen MR) is 147 cm³/mol. The normalized spacial score (nSPS) is 43.9. The summed E-state index contributed by atoms with van der Waals surface area (Å²) in [6.45, 7) is 2.32. The van der Waals surface area contributed by atoms with Crippen LogP contribution in [0.5, 0.6) is 0 Å². The molecule has 3 rings (SSSR count). The van der Waals surface area contributed by atoms with E-state index in [1.807, 2.05) is 4.90 Å². The van der Waals surface area contributed by atoms with Gasteiger partial charge in [0.15, 0.2) is 12.6 Å². The Morgan fingerprint density at radius 3 is 1.85 bits per heavy atom. The quantitative estimate of drug-likeness (QED) is 0.0886. The van der Waals surface area contributed by atoms with Gasteiger partial charge in [-0.2, -0.15) is 0 Å². The Kier molecular flexibility index (Phi) is 13.9. The van der Waals surface area contributed by atoms with E-state index in [0.29, 0.717) is 32.7 Å². The average Bonchev–Trinajstić information content (AvgIpc) is 2.93. The van der Waals surface area contributed by atoms with Crippen LogP contribution in [0.25, 0.3) is 0 Å². The lowest BCUT2D eigenvalue weighted by molar-refractivity contribution is -0.318. The monoisotopic (exact) mass is 596 g/mol. The fourth-order valence-corrected chi connectivity index (χ4v) is 5.61. The minimum absolute atomic E-state index is 0.0637. The number of nitrogens with zero attached hydrogens (tertiary/aromatic N) is 1. The van der Waals surface area contributed by atoms with Crippen molar-refractivity contribution in [3.05, 3.63) is 0 Å². The van der Waals surface area contributed by atoms with Crippen LogP contribution >= 0.6 is 0 Å². The van der Waals surface area contributed by atoms with E-state index in [0.717, 1.165) is 0 Å². The highest BCUT2D eigenvalue weighted by Gasteiger charge is 2.51. The Morgan fingerprint density at radius 1 is 0.707 bits per heavy atom. The maximum absolute atomic E-state index is 10.7. The summed E-state index contributed by atoms with van der Waals surface area (Å²) in [7, 11) is 0. The fourth-order valence-electron chi connectivity index (χ4n) is 5.61. The van der Waals surface area contributed by atoms with E-state index >= 15 is 0 Å². The van der Waals surface area contributed by atoms with E-state index in [-0.39, 0.29) is 26.0 Å². The van der Waals surface area contributed by atoms with Gasteiger partial charge in [0.05, 0.1) is 37.5 Å². The second kappa shape index (κ2) is 16.4. The summed E-state index contributed by atoms with van der Waals surface area (Å²) in [5, 5.41) is 40.9. The molecule has 0 aromatic heterocycles. The standard InChI is InChI=1S/C24H52N8O9/c25-1-3-32(4-2-26)5-6-37-22-20(40-23-13(30)8-14(34)15(9-27)38-23)11(28)7-12(29)21(22)41-24-19(36)17(31)18(35)16(10-33)39-24/h11-24,33-36H,1-10,25-31H2/t11-,12+,13+,14-,15+,16+,17-,18+,19+,20+,21-,22-,23+,24+/m0/s1. The molecule has 41 heavy (non-hydrogen) atoms. The Morgan fingerprint density at radius 2 is 1.29 bits per heavy atom. The largest absolute Gasteiger partial charge is 0.394 e. The van der Waals surface area contributed by atoms with E-state index in [1.165, 1.54) is 0 Å². The zero-order valence-corrected chi connectivity index (χ0v) is 23.5. The maximum atomic E-state index is 10.7. The van der Waals surface area contributed by atoms with E-state index in [2.05, 4.69) is 0 Å². The highest BCUT2D eigenvalue weighted by Crippen LogP contribution is 2.32. The molecule has 14 atom stereocenters. The molecule has 17 heteroatoms. The zero-order chi connectivity index (χ0) is 30.3. The highest BCUT2D eigenvalue weighted by atomic mass is 16.7. The first-order chi connectivity index (χ1) is 19.6. The smallest absolute Gasteiger partial charge is 0.186 e. The summed E-state index contributed by atoms with van der Waals surface area (Å²) in [6.07, 6.45) is -9.82. The van der Waals surface area contributed by atoms with Gasteiger partial charge in [0, 0.05) is 51.4 Å². The minimum atomic E-state index is -1.43. The number of hydrogen-bond acceptors (Lipinski definition) is 17. The molecule has 1 aliphatic carbocycles. The van der Waals surface area contributed by atoms with Gasteiger partial charge >= 0.3 is 0 Å². The summed E-state index contributed by atoms with van der Waals surface area (Å²) in [4.78, 5) is 2.04. The summed E-state index contributed by atoms with van der Waals surface area (Å²) in [5.74, 6) is 0. The van der Waals surface area contributed by atoms with E-state index < -0.39 is 92.2 Å². The SMILES string of the molecule is NCCN(CCN)CCO[C@@H]1[C@@H](O[C@H]2O[C@H](CO)[C@@H](O)[C@H](N)[C@H]2O)[C@H](N)C[C@H](N)[C@H]1O[C@H]1O[C@H](CN)[C@@H](O)C[C@H]1N. The molecule has 2 saturated heterocycles. The van der Waals surface area contributed by atoms with Crippen LogP contribution < -0.4 is 40.1 Å². The molecule has 3 aliphatic rings. The van der Waals surface area contributed by atoms with Gasteiger partial charge in [0.25, 0.3) is 0 Å². The van der Waals surface area contributed by atoms with Gasteiger partial charge in [0.1, 0.15) is 36.6 Å². The number of aliphatic hydroxyl groups excluding tert-OH is 4. The molecule has 0 aromatic rings. The molecule has 17 nitrogen and oxygen atoms in total. The van der Waals surface area contributed by atoms with Crippen molar-refractivity contribution in [2.24, 2.45) is 40.1 Å². The van der Waals surface area contributed by atoms with E-state index in [9.17, 15) is 20.4 Å². The topological polar surface area (TPSA) is 312 Å². The molecule has 0 spiro atoms. The lowest BCUT2D eigenvalue weighted by Crippen LogP contribution is -2.68. The third-order valence-electron chi connectivity index (χ3n) is 8.00. The van der Waals surface area contributed by atoms with Crippen LogP contribution in [0.1, 0.15) is 12.8 Å². The number of ether oxygens (including phenoxy) is 5. The Hall–Kier alpha value is -0.680. The lowest BCUT2D eigenvalue weighted by atomic mass is 9.84. The first-order valence-corrected chi connectivity index (χ1v) is 14.3. The molecule has 1 saturated carbocycles. The van der Waals surface area contributed by atoms with Gasteiger partial charge in [0.2, 0.25) is 0 Å². The van der Waals surface area contributed by atoms with Crippen molar-refractivity contribution >= 4 is 0 Å². The minimum Gasteiger partial charge on any atom is -0.394 e. The van der Waals surface area contributed by atoms with Crippen molar-refractivity contribution in [3.8, 4) is 0 Å². The third kappa shape index (κ3) is 8.70. The van der Waals surface area contributed by atoms with Crippen molar-refractivity contribution in [1.29, 1.82) is 0 Å². The summed E-state index contributed by atoms with van der Waals surface area (Å²) in [5.41, 5.74) is 42.5. The van der Waals surface area contributed by atoms with Crippen molar-refractivity contribution in [1.82, 2.24) is 4.90 Å². The van der Waals surface area contributed by atoms with Gasteiger partial charge in [-0.25, -0.2) is 0 Å². The third-order valence-corrected chi connectivity index (χ3v) is 8.00. The van der Waals surface area contributed by atoms with Crippen molar-refractivity contribution in [2.75, 3.05) is 52.5 Å². The van der Waals surface area contributed by atoms with Gasteiger partial charge in [-0.3, -0.25) is 4.90 Å². The molecule has 0 unspecified atom stereocenters. The Bertz CT molecular complexity index is 758. The van der Waals surface area contributed by atoms with Gasteiger partial charge in [-0.05, 0) is 12.8 Å². The fraction of sp³-hybridized carbons (Fsp3) is 1.00. The molecule has 2 heterocycles. The van der Waals surface area contributed by atoms with Gasteiger partial charge < -0.3 is 84.2 Å². The average molecular weight is 597 g/mol. The van der Waals surface area contributed by atoms with Gasteiger partial charge in [-0.15, -0.1) is 0 Å². The molecule has 0 radical (unpaired) electrons. The van der Waals surface area contributed by atoms with Crippen LogP contribution in [0.2, 0.25) is 0 Å². The summed E-state index contributed by atoms with van der Waals surface area (Å²) >= 11 is 0. The summed E-state index contributed by atoms with van der Waals surface area (Å²) in [6, 6.07) is -3.11. The van der Waals surface area contributed by atoms with Crippen LogP contribution in [0.3, 0.4) is 0 Å². The first-order valence-electron chi connectivity index (χ1n) is 14.3. The second-order valence-corrected chi connectivity index (χ2v) is 11.0. The number of aliphatic hydroxyl groups is 4. The zero-order valence-electron chi connectivity index (χ0n) is 23.5. The van der Waals surface area contributed by atoms with Crippen LogP contribution in [0, 0.1) is 0 Å². The Balaban J connectivity index is 1.83. The first kappa shape index (κ1) is 34.8. The second-order valence-electron chi connectivity index (χ2n) is 11.0. The molecule has 0 aromatic carbocycles. The molecule has 0 amide bonds. The van der Waals surface area contributed by atoms with Crippen LogP contribution in [-0.4, -0.2) is 163 Å². The molecular weight excluding hydrogens is 544 g/mol. The maximum Gasteiger partial charge on any atom is 0.186 e. The van der Waals surface area contributed by atoms with Crippen LogP contribution in [0.15, 0.2) is 0 Å². The predicted octanol–water partition coefficient (Wildman–Crippen LogP) is -7.05. The van der Waals surface area contributed by atoms with E-state index in [4.69, 9.17) is 63.8 Å². The molecule has 0 bridgehead atoms. The number of hydrogen-bond donors (Lipinski definition) is 11. The molecule has 18 N–H and O–H groups in total. The van der Waals surface area contributed by atoms with Crippen molar-refractivity contribution < 1.29 is 44.1 Å². The lowest BCUT2D eigenvalue weighted by Gasteiger charge is -2.49. The Labute approximate surface area is 240 Å². The van der Waals surface area contributed by atoms with Crippen LogP contribution in [0.4, 0.5) is 0 Å². The number of rotatable bonds is 14. The highest BCUT2D eigenvalue weighted by molar-refractivity contribution is 5.02. The van der Waals surface area contributed by atoms with E-state index in [1.54, 1.807) is 0 Å². The molecule has 3 fully saturated rings. The van der Waals surface area contributed by atoms with Crippen LogP contribution in [-0.2, 0) is 23.7 Å².